The number of aromatic amines is 1. The monoisotopic (exact) mass is 501 g/mol. The number of nitrogens with zero attached hydrogens (tertiary/aromatic N) is 2. The van der Waals surface area contributed by atoms with Gasteiger partial charge in [-0.3, -0.25) is 14.6 Å². The number of carbonyl (C=O) groups is 2. The van der Waals surface area contributed by atoms with Gasteiger partial charge in [-0.25, -0.2) is 0 Å². The fraction of sp³-hybridized carbons (Fsp3) is 0.321. The summed E-state index contributed by atoms with van der Waals surface area (Å²) in [4.78, 5) is 34.8. The van der Waals surface area contributed by atoms with Crippen molar-refractivity contribution in [3.05, 3.63) is 66.1 Å². The van der Waals surface area contributed by atoms with E-state index in [1.165, 1.54) is 6.08 Å². The highest BCUT2D eigenvalue weighted by Crippen LogP contribution is 2.42. The smallest absolute Gasteiger partial charge is 0.255 e. The Kier molecular flexibility index (Phi) is 6.85. The van der Waals surface area contributed by atoms with Gasteiger partial charge in [0.25, 0.3) is 5.91 Å². The van der Waals surface area contributed by atoms with Crippen molar-refractivity contribution in [2.24, 2.45) is 0 Å². The van der Waals surface area contributed by atoms with Crippen molar-refractivity contribution < 1.29 is 19.1 Å². The molecule has 3 N–H and O–H groups in total. The molecule has 0 bridgehead atoms. The molecular formula is C28H31N5O4. The van der Waals surface area contributed by atoms with Crippen molar-refractivity contribution in [3.8, 4) is 22.8 Å². The van der Waals surface area contributed by atoms with Crippen LogP contribution in [0.25, 0.3) is 11.3 Å². The molecule has 2 aromatic heterocycles. The van der Waals surface area contributed by atoms with Crippen molar-refractivity contribution in [2.45, 2.75) is 32.2 Å². The molecule has 2 aliphatic heterocycles. The normalized spacial score (nSPS) is 16.6. The Balaban J connectivity index is 1.53. The lowest BCUT2D eigenvalue weighted by Gasteiger charge is -2.24. The number of anilines is 2. The van der Waals surface area contributed by atoms with E-state index in [1.54, 1.807) is 24.4 Å². The highest BCUT2D eigenvalue weighted by atomic mass is 16.5. The fourth-order valence-corrected chi connectivity index (χ4v) is 5.17. The van der Waals surface area contributed by atoms with Gasteiger partial charge in [0.05, 0.1) is 42.0 Å². The summed E-state index contributed by atoms with van der Waals surface area (Å²) in [6, 6.07) is 7.67. The van der Waals surface area contributed by atoms with E-state index in [4.69, 9.17) is 9.47 Å². The number of nitrogens with one attached hydrogen (secondary N) is 3. The molecule has 37 heavy (non-hydrogen) atoms. The van der Waals surface area contributed by atoms with Crippen LogP contribution in [0.3, 0.4) is 0 Å². The second-order valence-corrected chi connectivity index (χ2v) is 9.23. The molecule has 0 radical (unpaired) electrons. The zero-order valence-corrected chi connectivity index (χ0v) is 21.1. The minimum absolute atomic E-state index is 0.0321. The van der Waals surface area contributed by atoms with E-state index in [0.29, 0.717) is 48.9 Å². The Labute approximate surface area is 215 Å². The second kappa shape index (κ2) is 10.4. The molecule has 1 fully saturated rings. The summed E-state index contributed by atoms with van der Waals surface area (Å²) in [5.41, 5.74) is 5.31. The van der Waals surface area contributed by atoms with Gasteiger partial charge in [-0.15, -0.1) is 0 Å². The van der Waals surface area contributed by atoms with E-state index < -0.39 is 0 Å². The van der Waals surface area contributed by atoms with E-state index in [9.17, 15) is 9.59 Å². The number of carbonyl (C=O) groups excluding carboxylic acids is 2. The second-order valence-electron chi connectivity index (χ2n) is 9.23. The number of pyridine rings is 1. The maximum absolute atomic E-state index is 13.0. The molecule has 9 heteroatoms. The van der Waals surface area contributed by atoms with Gasteiger partial charge in [0.2, 0.25) is 5.91 Å². The molecule has 1 aromatic carbocycles. The van der Waals surface area contributed by atoms with Gasteiger partial charge in [-0.05, 0) is 43.5 Å². The number of amides is 2. The Hall–Kier alpha value is -4.27. The summed E-state index contributed by atoms with van der Waals surface area (Å²) < 4.78 is 11.9. The van der Waals surface area contributed by atoms with E-state index >= 15 is 0 Å². The standard InChI is InChI=1S/C28H31N5O4/c1-4-23(34)33-14-6-8-18(33)16-37-22-15-29-12-10-19(22)25-26(24-20(31-25)11-13-30-28(24)35)32-21-9-5-7-17(2)27(21)36-3/h4-5,7,9-10,12,15,18,31-32H,1,6,8,11,13-14,16H2,2-3H3,(H,30,35)/t18-/m0/s1. The first-order valence-corrected chi connectivity index (χ1v) is 12.5. The quantitative estimate of drug-likeness (QED) is 0.403. The van der Waals surface area contributed by atoms with E-state index in [0.717, 1.165) is 41.0 Å². The van der Waals surface area contributed by atoms with Gasteiger partial charge in [0, 0.05) is 37.0 Å². The lowest BCUT2D eigenvalue weighted by Crippen LogP contribution is -2.38. The van der Waals surface area contributed by atoms with Gasteiger partial charge >= 0.3 is 0 Å². The lowest BCUT2D eigenvalue weighted by molar-refractivity contribution is -0.127. The van der Waals surface area contributed by atoms with Crippen molar-refractivity contribution in [1.82, 2.24) is 20.2 Å². The molecule has 0 unspecified atom stereocenters. The number of benzene rings is 1. The Morgan fingerprint density at radius 1 is 1.35 bits per heavy atom. The van der Waals surface area contributed by atoms with Crippen LogP contribution in [0, 0.1) is 6.92 Å². The summed E-state index contributed by atoms with van der Waals surface area (Å²) in [5, 5.41) is 6.41. The first kappa shape index (κ1) is 24.4. The SMILES string of the molecule is C=CC(=O)N1CCC[C@H]1COc1cnccc1-c1[nH]c2c(c1Nc1cccc(C)c1OC)C(=O)NCC2. The topological polar surface area (TPSA) is 109 Å². The summed E-state index contributed by atoms with van der Waals surface area (Å²) in [6.07, 6.45) is 7.19. The molecule has 3 aromatic rings. The molecule has 0 aliphatic carbocycles. The van der Waals surface area contributed by atoms with Gasteiger partial charge < -0.3 is 30.0 Å². The van der Waals surface area contributed by atoms with E-state index in [2.05, 4.69) is 27.2 Å². The first-order valence-electron chi connectivity index (χ1n) is 12.5. The minimum Gasteiger partial charge on any atom is -0.494 e. The summed E-state index contributed by atoms with van der Waals surface area (Å²) in [6.45, 7) is 7.19. The number of para-hydroxylation sites is 1. The predicted octanol–water partition coefficient (Wildman–Crippen LogP) is 3.98. The predicted molar refractivity (Wildman–Crippen MR) is 142 cm³/mol. The molecule has 2 amide bonds. The lowest BCUT2D eigenvalue weighted by atomic mass is 10.0. The molecule has 0 saturated carbocycles. The average Bonchev–Trinajstić information content (AvgIpc) is 3.53. The van der Waals surface area contributed by atoms with Crippen LogP contribution in [-0.4, -0.2) is 59.5 Å². The van der Waals surface area contributed by atoms with Crippen LogP contribution in [-0.2, 0) is 11.2 Å². The van der Waals surface area contributed by atoms with Crippen molar-refractivity contribution in [3.63, 3.8) is 0 Å². The molecule has 192 valence electrons. The van der Waals surface area contributed by atoms with E-state index in [-0.39, 0.29) is 17.9 Å². The van der Waals surface area contributed by atoms with Crippen molar-refractivity contribution in [1.29, 1.82) is 0 Å². The highest BCUT2D eigenvalue weighted by molar-refractivity contribution is 6.06. The summed E-state index contributed by atoms with van der Waals surface area (Å²) >= 11 is 0. The Morgan fingerprint density at radius 2 is 2.22 bits per heavy atom. The third-order valence-corrected chi connectivity index (χ3v) is 6.96. The third kappa shape index (κ3) is 4.64. The number of rotatable bonds is 8. The molecule has 0 spiro atoms. The zero-order valence-electron chi connectivity index (χ0n) is 21.1. The number of aromatic nitrogens is 2. The Morgan fingerprint density at radius 3 is 3.03 bits per heavy atom. The number of hydrogen-bond acceptors (Lipinski definition) is 6. The van der Waals surface area contributed by atoms with Gasteiger partial charge in [-0.2, -0.15) is 0 Å². The summed E-state index contributed by atoms with van der Waals surface area (Å²) in [5.74, 6) is 1.05. The maximum Gasteiger partial charge on any atom is 0.255 e. The molecular weight excluding hydrogens is 470 g/mol. The maximum atomic E-state index is 13.0. The molecule has 1 saturated heterocycles. The number of hydrogen-bond donors (Lipinski definition) is 3. The third-order valence-electron chi connectivity index (χ3n) is 6.96. The van der Waals surface area contributed by atoms with E-state index in [1.807, 2.05) is 31.2 Å². The molecule has 4 heterocycles. The number of methoxy groups -OCH3 is 1. The molecule has 5 rings (SSSR count). The average molecular weight is 502 g/mol. The number of H-pyrrole nitrogens is 1. The van der Waals surface area contributed by atoms with Crippen molar-refractivity contribution in [2.75, 3.05) is 32.1 Å². The number of likely N-dealkylation sites (tertiary alicyclic amines) is 1. The highest BCUT2D eigenvalue weighted by Gasteiger charge is 2.30. The minimum atomic E-state index is -0.140. The number of fused-ring (bicyclic) bond motifs is 1. The molecule has 2 aliphatic rings. The van der Waals surface area contributed by atoms with Crippen LogP contribution in [0.4, 0.5) is 11.4 Å². The van der Waals surface area contributed by atoms with Crippen LogP contribution in [0.5, 0.6) is 11.5 Å². The van der Waals surface area contributed by atoms with Crippen LogP contribution >= 0.6 is 0 Å². The fourth-order valence-electron chi connectivity index (χ4n) is 5.17. The Bertz CT molecular complexity index is 1350. The van der Waals surface area contributed by atoms with Crippen LogP contribution in [0.15, 0.2) is 49.3 Å². The molecule has 9 nitrogen and oxygen atoms in total. The van der Waals surface area contributed by atoms with Gasteiger partial charge in [0.15, 0.2) is 0 Å². The molecule has 1 atom stereocenters. The van der Waals surface area contributed by atoms with Crippen molar-refractivity contribution >= 4 is 23.2 Å². The van der Waals surface area contributed by atoms with Crippen LogP contribution < -0.4 is 20.1 Å². The van der Waals surface area contributed by atoms with Crippen LogP contribution in [0.2, 0.25) is 0 Å². The summed E-state index contributed by atoms with van der Waals surface area (Å²) in [7, 11) is 1.63. The largest absolute Gasteiger partial charge is 0.494 e. The number of ether oxygens (including phenoxy) is 2. The zero-order chi connectivity index (χ0) is 25.9. The first-order chi connectivity index (χ1) is 18.0. The number of aryl methyl sites for hydroxylation is 1. The van der Waals surface area contributed by atoms with Gasteiger partial charge in [-0.1, -0.05) is 18.7 Å². The van der Waals surface area contributed by atoms with Gasteiger partial charge in [0.1, 0.15) is 18.1 Å². The van der Waals surface area contributed by atoms with Crippen LogP contribution in [0.1, 0.15) is 34.5 Å².